The second kappa shape index (κ2) is 8.50. The van der Waals surface area contributed by atoms with E-state index in [1.165, 1.54) is 23.8 Å². The summed E-state index contributed by atoms with van der Waals surface area (Å²) in [4.78, 5) is 12.5. The summed E-state index contributed by atoms with van der Waals surface area (Å²) in [5.41, 5.74) is 3.52. The average molecular weight is 429 g/mol. The van der Waals surface area contributed by atoms with Crippen LogP contribution in [0.3, 0.4) is 0 Å². The molecule has 0 aromatic heterocycles. The van der Waals surface area contributed by atoms with Crippen molar-refractivity contribution in [2.45, 2.75) is 26.8 Å². The van der Waals surface area contributed by atoms with E-state index in [0.717, 1.165) is 21.7 Å². The molecule has 0 unspecified atom stereocenters. The summed E-state index contributed by atoms with van der Waals surface area (Å²) in [6.45, 7) is 5.52. The van der Waals surface area contributed by atoms with Crippen LogP contribution in [0.25, 0.3) is 0 Å². The molecular weight excluding hydrogens is 407 g/mol. The number of sulfonamides is 1. The van der Waals surface area contributed by atoms with Crippen molar-refractivity contribution in [1.82, 2.24) is 5.32 Å². The van der Waals surface area contributed by atoms with Gasteiger partial charge < -0.3 is 5.32 Å². The molecule has 2 aromatic rings. The van der Waals surface area contributed by atoms with Gasteiger partial charge in [0.25, 0.3) is 0 Å². The maximum atomic E-state index is 12.5. The standard InChI is InChI=1S/C19H22Cl2N2O3S/c1-12-5-6-15(9-13(12)2)14(3)22-19(24)11-23(27(4,25)26)16-7-8-17(20)18(21)10-16/h5-10,14H,11H2,1-4H3,(H,22,24)/t14-/m0/s1. The van der Waals surface area contributed by atoms with E-state index in [-0.39, 0.29) is 23.3 Å². The highest BCUT2D eigenvalue weighted by Gasteiger charge is 2.22. The maximum absolute atomic E-state index is 12.5. The Labute approximate surface area is 170 Å². The van der Waals surface area contributed by atoms with Gasteiger partial charge in [0.2, 0.25) is 15.9 Å². The molecule has 0 saturated carbocycles. The summed E-state index contributed by atoms with van der Waals surface area (Å²) in [5.74, 6) is -0.419. The molecule has 0 radical (unpaired) electrons. The van der Waals surface area contributed by atoms with Crippen LogP contribution in [0.2, 0.25) is 10.0 Å². The van der Waals surface area contributed by atoms with Crippen LogP contribution in [-0.4, -0.2) is 27.1 Å². The predicted molar refractivity (Wildman–Crippen MR) is 111 cm³/mol. The Morgan fingerprint density at radius 1 is 1.07 bits per heavy atom. The Hall–Kier alpha value is -1.76. The third kappa shape index (κ3) is 5.61. The lowest BCUT2D eigenvalue weighted by Crippen LogP contribution is -2.41. The van der Waals surface area contributed by atoms with Crippen molar-refractivity contribution in [3.8, 4) is 0 Å². The number of hydrogen-bond donors (Lipinski definition) is 1. The maximum Gasteiger partial charge on any atom is 0.241 e. The fourth-order valence-electron chi connectivity index (χ4n) is 2.58. The predicted octanol–water partition coefficient (Wildman–Crippen LogP) is 4.25. The van der Waals surface area contributed by atoms with E-state index in [4.69, 9.17) is 23.2 Å². The molecule has 146 valence electrons. The highest BCUT2D eigenvalue weighted by atomic mass is 35.5. The highest BCUT2D eigenvalue weighted by molar-refractivity contribution is 7.92. The van der Waals surface area contributed by atoms with E-state index in [9.17, 15) is 13.2 Å². The Balaban J connectivity index is 2.18. The second-order valence-corrected chi connectivity index (χ2v) is 9.22. The van der Waals surface area contributed by atoms with E-state index in [2.05, 4.69) is 5.32 Å². The van der Waals surface area contributed by atoms with Crippen molar-refractivity contribution in [3.63, 3.8) is 0 Å². The molecule has 5 nitrogen and oxygen atoms in total. The molecule has 0 spiro atoms. The molecule has 1 atom stereocenters. The van der Waals surface area contributed by atoms with Gasteiger partial charge in [0.15, 0.2) is 0 Å². The van der Waals surface area contributed by atoms with Gasteiger partial charge in [0.1, 0.15) is 6.54 Å². The van der Waals surface area contributed by atoms with Gasteiger partial charge >= 0.3 is 0 Å². The summed E-state index contributed by atoms with van der Waals surface area (Å²) in [6.07, 6.45) is 1.04. The number of nitrogens with one attached hydrogen (secondary N) is 1. The van der Waals surface area contributed by atoms with Crippen molar-refractivity contribution < 1.29 is 13.2 Å². The van der Waals surface area contributed by atoms with Crippen molar-refractivity contribution in [2.75, 3.05) is 17.1 Å². The van der Waals surface area contributed by atoms with E-state index in [1.54, 1.807) is 0 Å². The quantitative estimate of drug-likeness (QED) is 0.747. The zero-order chi connectivity index (χ0) is 20.4. The average Bonchev–Trinajstić information content (AvgIpc) is 2.56. The van der Waals surface area contributed by atoms with Gasteiger partial charge in [-0.1, -0.05) is 41.4 Å². The molecule has 2 rings (SSSR count). The summed E-state index contributed by atoms with van der Waals surface area (Å²) >= 11 is 11.9. The first-order chi connectivity index (χ1) is 12.5. The second-order valence-electron chi connectivity index (χ2n) is 6.50. The van der Waals surface area contributed by atoms with E-state index >= 15 is 0 Å². The minimum Gasteiger partial charge on any atom is -0.348 e. The van der Waals surface area contributed by atoms with Crippen LogP contribution in [-0.2, 0) is 14.8 Å². The molecule has 0 aliphatic carbocycles. The zero-order valence-corrected chi connectivity index (χ0v) is 17.9. The summed E-state index contributed by atoms with van der Waals surface area (Å²) < 4.78 is 25.3. The molecular formula is C19H22Cl2N2O3S. The zero-order valence-electron chi connectivity index (χ0n) is 15.6. The van der Waals surface area contributed by atoms with E-state index in [0.29, 0.717) is 5.02 Å². The van der Waals surface area contributed by atoms with Crippen LogP contribution in [0.4, 0.5) is 5.69 Å². The van der Waals surface area contributed by atoms with Crippen molar-refractivity contribution in [2.24, 2.45) is 0 Å². The molecule has 27 heavy (non-hydrogen) atoms. The van der Waals surface area contributed by atoms with Gasteiger partial charge in [0.05, 0.1) is 28.0 Å². The summed E-state index contributed by atoms with van der Waals surface area (Å²) in [7, 11) is -3.68. The number of carbonyl (C=O) groups excluding carboxylic acids is 1. The molecule has 8 heteroatoms. The van der Waals surface area contributed by atoms with Gasteiger partial charge in [-0.15, -0.1) is 0 Å². The molecule has 0 bridgehead atoms. The van der Waals surface area contributed by atoms with Crippen molar-refractivity contribution in [1.29, 1.82) is 0 Å². The highest BCUT2D eigenvalue weighted by Crippen LogP contribution is 2.28. The van der Waals surface area contributed by atoms with Crippen molar-refractivity contribution >= 4 is 44.8 Å². The molecule has 0 aliphatic rings. The minimum absolute atomic E-state index is 0.215. The van der Waals surface area contributed by atoms with Crippen LogP contribution in [0.15, 0.2) is 36.4 Å². The molecule has 1 N–H and O–H groups in total. The first kappa shape index (κ1) is 21.5. The first-order valence-electron chi connectivity index (χ1n) is 8.28. The molecule has 0 aliphatic heterocycles. The largest absolute Gasteiger partial charge is 0.348 e. The molecule has 0 saturated heterocycles. The first-order valence-corrected chi connectivity index (χ1v) is 10.9. The minimum atomic E-state index is -3.68. The number of aryl methyl sites for hydroxylation is 2. The van der Waals surface area contributed by atoms with Crippen LogP contribution in [0.1, 0.15) is 29.7 Å². The SMILES string of the molecule is Cc1ccc([C@H](C)NC(=O)CN(c2ccc(Cl)c(Cl)c2)S(C)(=O)=O)cc1C. The molecule has 1 amide bonds. The topological polar surface area (TPSA) is 66.5 Å². The number of anilines is 1. The number of carbonyl (C=O) groups is 1. The smallest absolute Gasteiger partial charge is 0.241 e. The van der Waals surface area contributed by atoms with Gasteiger partial charge in [-0.2, -0.15) is 0 Å². The Morgan fingerprint density at radius 3 is 2.30 bits per heavy atom. The lowest BCUT2D eigenvalue weighted by atomic mass is 10.0. The number of halogens is 2. The Kier molecular flexibility index (Phi) is 6.78. The monoisotopic (exact) mass is 428 g/mol. The van der Waals surface area contributed by atoms with Gasteiger partial charge in [-0.05, 0) is 55.7 Å². The number of benzene rings is 2. The summed E-state index contributed by atoms with van der Waals surface area (Å²) in [5, 5.41) is 3.36. The van der Waals surface area contributed by atoms with Gasteiger partial charge in [-0.25, -0.2) is 8.42 Å². The Bertz CT molecular complexity index is 961. The van der Waals surface area contributed by atoms with Gasteiger partial charge in [0, 0.05) is 0 Å². The van der Waals surface area contributed by atoms with Crippen molar-refractivity contribution in [3.05, 3.63) is 63.1 Å². The van der Waals surface area contributed by atoms with Gasteiger partial charge in [-0.3, -0.25) is 9.10 Å². The van der Waals surface area contributed by atoms with Crippen LogP contribution in [0.5, 0.6) is 0 Å². The summed E-state index contributed by atoms with van der Waals surface area (Å²) in [6, 6.07) is 10.1. The molecule has 2 aromatic carbocycles. The Morgan fingerprint density at radius 2 is 1.74 bits per heavy atom. The number of rotatable bonds is 6. The molecule has 0 fully saturated rings. The van der Waals surface area contributed by atoms with Crippen LogP contribution in [0, 0.1) is 13.8 Å². The van der Waals surface area contributed by atoms with Crippen LogP contribution < -0.4 is 9.62 Å². The fourth-order valence-corrected chi connectivity index (χ4v) is 3.72. The fraction of sp³-hybridized carbons (Fsp3) is 0.316. The van der Waals surface area contributed by atoms with Crippen LogP contribution >= 0.6 is 23.2 Å². The molecule has 0 heterocycles. The number of nitrogens with zero attached hydrogens (tertiary/aromatic N) is 1. The van der Waals surface area contributed by atoms with E-state index in [1.807, 2.05) is 39.0 Å². The third-order valence-corrected chi connectivity index (χ3v) is 6.17. The normalized spacial score (nSPS) is 12.5. The lowest BCUT2D eigenvalue weighted by molar-refractivity contribution is -0.120. The third-order valence-electron chi connectivity index (χ3n) is 4.29. The number of amides is 1. The van der Waals surface area contributed by atoms with E-state index < -0.39 is 15.9 Å². The number of hydrogen-bond acceptors (Lipinski definition) is 3. The lowest BCUT2D eigenvalue weighted by Gasteiger charge is -2.23.